The van der Waals surface area contributed by atoms with E-state index in [1.165, 1.54) is 0 Å². The number of hydrogen-bond donors (Lipinski definition) is 2. The van der Waals surface area contributed by atoms with Crippen LogP contribution in [0.15, 0.2) is 28.7 Å². The van der Waals surface area contributed by atoms with Crippen LogP contribution in [0.25, 0.3) is 0 Å². The molecule has 1 heterocycles. The van der Waals surface area contributed by atoms with Crippen LogP contribution in [-0.4, -0.2) is 34.8 Å². The summed E-state index contributed by atoms with van der Waals surface area (Å²) in [7, 11) is 0. The van der Waals surface area contributed by atoms with Gasteiger partial charge in [-0.3, -0.25) is 14.5 Å². The Morgan fingerprint density at radius 3 is 2.92 bits per heavy atom. The first kappa shape index (κ1) is 17.0. The highest BCUT2D eigenvalue weighted by molar-refractivity contribution is 9.10. The summed E-state index contributed by atoms with van der Waals surface area (Å²) >= 11 is 3.33. The minimum Gasteiger partial charge on any atom is -0.324 e. The topological polar surface area (TPSA) is 78.5 Å². The fourth-order valence-electron chi connectivity index (χ4n) is 3.55. The maximum absolute atomic E-state index is 12.8. The van der Waals surface area contributed by atoms with Crippen molar-refractivity contribution in [2.75, 3.05) is 11.9 Å². The first-order valence-electron chi connectivity index (χ1n) is 8.12. The summed E-state index contributed by atoms with van der Waals surface area (Å²) in [6.07, 6.45) is 3.52. The number of hydrogen-bond acceptors (Lipinski definition) is 3. The van der Waals surface area contributed by atoms with Crippen molar-refractivity contribution in [1.82, 2.24) is 10.2 Å². The molecule has 2 unspecified atom stereocenters. The molecule has 1 saturated heterocycles. The Bertz CT molecular complexity index is 693. The van der Waals surface area contributed by atoms with E-state index in [0.717, 1.165) is 28.6 Å². The van der Waals surface area contributed by atoms with Crippen LogP contribution < -0.4 is 10.6 Å². The molecule has 128 valence electrons. The second-order valence-electron chi connectivity index (χ2n) is 6.50. The second-order valence-corrected chi connectivity index (χ2v) is 7.41. The fraction of sp³-hybridized carbons (Fsp3) is 0.471. The Hall–Kier alpha value is -1.89. The number of nitrogens with one attached hydrogen (secondary N) is 2. The van der Waals surface area contributed by atoms with E-state index < -0.39 is 17.5 Å². The molecule has 2 atom stereocenters. The Morgan fingerprint density at radius 2 is 2.21 bits per heavy atom. The van der Waals surface area contributed by atoms with Crippen molar-refractivity contribution in [1.29, 1.82) is 0 Å². The Labute approximate surface area is 149 Å². The van der Waals surface area contributed by atoms with Crippen LogP contribution in [0.2, 0.25) is 0 Å². The Morgan fingerprint density at radius 1 is 1.42 bits per heavy atom. The van der Waals surface area contributed by atoms with Crippen LogP contribution in [0.5, 0.6) is 0 Å². The van der Waals surface area contributed by atoms with Crippen LogP contribution in [0.4, 0.5) is 10.5 Å². The van der Waals surface area contributed by atoms with E-state index in [4.69, 9.17) is 0 Å². The Kier molecular flexibility index (Phi) is 4.62. The molecule has 4 amide bonds. The van der Waals surface area contributed by atoms with Crippen LogP contribution in [0.3, 0.4) is 0 Å². The number of nitrogens with zero attached hydrogens (tertiary/aromatic N) is 1. The zero-order valence-electron chi connectivity index (χ0n) is 13.5. The summed E-state index contributed by atoms with van der Waals surface area (Å²) in [6.45, 7) is 1.72. The van der Waals surface area contributed by atoms with E-state index in [1.54, 1.807) is 18.2 Å². The predicted molar refractivity (Wildman–Crippen MR) is 93.4 cm³/mol. The summed E-state index contributed by atoms with van der Waals surface area (Å²) < 4.78 is 0.838. The van der Waals surface area contributed by atoms with Crippen molar-refractivity contribution >= 4 is 39.5 Å². The molecule has 1 aliphatic carbocycles. The van der Waals surface area contributed by atoms with Crippen molar-refractivity contribution in [3.63, 3.8) is 0 Å². The van der Waals surface area contributed by atoms with Crippen molar-refractivity contribution in [3.05, 3.63) is 28.7 Å². The maximum Gasteiger partial charge on any atom is 0.325 e. The smallest absolute Gasteiger partial charge is 0.324 e. The SMILES string of the molecule is CC1CCCCC12NC(=O)N(CC(=O)Nc1cccc(Br)c1)C2=O. The van der Waals surface area contributed by atoms with Crippen LogP contribution in [0.1, 0.15) is 32.6 Å². The normalized spacial score (nSPS) is 26.6. The van der Waals surface area contributed by atoms with Gasteiger partial charge in [0.15, 0.2) is 0 Å². The molecule has 6 nitrogen and oxygen atoms in total. The van der Waals surface area contributed by atoms with Gasteiger partial charge in [0, 0.05) is 10.2 Å². The van der Waals surface area contributed by atoms with Gasteiger partial charge in [-0.05, 0) is 37.0 Å². The third kappa shape index (κ3) is 3.05. The van der Waals surface area contributed by atoms with Gasteiger partial charge >= 0.3 is 6.03 Å². The van der Waals surface area contributed by atoms with E-state index in [-0.39, 0.29) is 18.4 Å². The largest absolute Gasteiger partial charge is 0.325 e. The van der Waals surface area contributed by atoms with Gasteiger partial charge in [0.25, 0.3) is 5.91 Å². The molecular weight excluding hydrogens is 374 g/mol. The number of rotatable bonds is 3. The lowest BCUT2D eigenvalue weighted by molar-refractivity contribution is -0.136. The second kappa shape index (κ2) is 6.55. The van der Waals surface area contributed by atoms with Gasteiger partial charge < -0.3 is 10.6 Å². The first-order valence-corrected chi connectivity index (χ1v) is 8.91. The molecule has 1 spiro atoms. The number of halogens is 1. The number of amides is 4. The van der Waals surface area contributed by atoms with Gasteiger partial charge in [-0.25, -0.2) is 4.79 Å². The lowest BCUT2D eigenvalue weighted by Gasteiger charge is -2.36. The van der Waals surface area contributed by atoms with E-state index in [2.05, 4.69) is 26.6 Å². The molecule has 1 aromatic carbocycles. The number of imide groups is 1. The highest BCUT2D eigenvalue weighted by Crippen LogP contribution is 2.38. The lowest BCUT2D eigenvalue weighted by Crippen LogP contribution is -2.54. The molecule has 1 saturated carbocycles. The molecule has 2 aliphatic rings. The maximum atomic E-state index is 12.8. The fourth-order valence-corrected chi connectivity index (χ4v) is 3.95. The summed E-state index contributed by atoms with van der Waals surface area (Å²) in [5.41, 5.74) is -0.215. The van der Waals surface area contributed by atoms with Gasteiger partial charge in [-0.15, -0.1) is 0 Å². The highest BCUT2D eigenvalue weighted by Gasteiger charge is 2.55. The van der Waals surface area contributed by atoms with E-state index in [0.29, 0.717) is 12.1 Å². The molecular formula is C17H20BrN3O3. The monoisotopic (exact) mass is 393 g/mol. The molecule has 1 aliphatic heterocycles. The molecule has 0 aromatic heterocycles. The molecule has 24 heavy (non-hydrogen) atoms. The average molecular weight is 394 g/mol. The summed E-state index contributed by atoms with van der Waals surface area (Å²) in [5.74, 6) is -0.581. The molecule has 2 N–H and O–H groups in total. The van der Waals surface area contributed by atoms with Gasteiger partial charge in [0.1, 0.15) is 12.1 Å². The quantitative estimate of drug-likeness (QED) is 0.774. The minimum absolute atomic E-state index is 0.0841. The van der Waals surface area contributed by atoms with Crippen molar-refractivity contribution in [2.24, 2.45) is 5.92 Å². The molecule has 1 aromatic rings. The van der Waals surface area contributed by atoms with E-state index in [9.17, 15) is 14.4 Å². The minimum atomic E-state index is -0.828. The summed E-state index contributed by atoms with van der Waals surface area (Å²) in [5, 5.41) is 5.56. The highest BCUT2D eigenvalue weighted by atomic mass is 79.9. The molecule has 2 fully saturated rings. The number of benzene rings is 1. The van der Waals surface area contributed by atoms with Crippen LogP contribution in [-0.2, 0) is 9.59 Å². The molecule has 3 rings (SSSR count). The Balaban J connectivity index is 1.70. The third-order valence-corrected chi connectivity index (χ3v) is 5.40. The number of carbonyl (C=O) groups excluding carboxylic acids is 3. The summed E-state index contributed by atoms with van der Waals surface area (Å²) in [6, 6.07) is 6.68. The molecule has 7 heteroatoms. The van der Waals surface area contributed by atoms with Crippen molar-refractivity contribution in [2.45, 2.75) is 38.1 Å². The van der Waals surface area contributed by atoms with Gasteiger partial charge in [0.2, 0.25) is 5.91 Å². The zero-order valence-corrected chi connectivity index (χ0v) is 15.1. The third-order valence-electron chi connectivity index (χ3n) is 4.91. The number of anilines is 1. The zero-order chi connectivity index (χ0) is 17.3. The van der Waals surface area contributed by atoms with Crippen molar-refractivity contribution < 1.29 is 14.4 Å². The lowest BCUT2D eigenvalue weighted by atomic mass is 9.73. The van der Waals surface area contributed by atoms with Gasteiger partial charge in [-0.1, -0.05) is 41.8 Å². The van der Waals surface area contributed by atoms with Crippen LogP contribution in [0, 0.1) is 5.92 Å². The standard InChI is InChI=1S/C17H20BrN3O3/c1-11-5-2-3-8-17(11)15(23)21(16(24)20-17)10-14(22)19-13-7-4-6-12(18)9-13/h4,6-7,9,11H,2-3,5,8,10H2,1H3,(H,19,22)(H,20,24). The first-order chi connectivity index (χ1) is 11.4. The van der Waals surface area contributed by atoms with E-state index in [1.807, 2.05) is 13.0 Å². The van der Waals surface area contributed by atoms with Gasteiger partial charge in [-0.2, -0.15) is 0 Å². The van der Waals surface area contributed by atoms with E-state index >= 15 is 0 Å². The molecule has 0 radical (unpaired) electrons. The predicted octanol–water partition coefficient (Wildman–Crippen LogP) is 2.89. The number of urea groups is 1. The van der Waals surface area contributed by atoms with Gasteiger partial charge in [0.05, 0.1) is 0 Å². The number of carbonyl (C=O) groups is 3. The van der Waals surface area contributed by atoms with Crippen LogP contribution >= 0.6 is 15.9 Å². The summed E-state index contributed by atoms with van der Waals surface area (Å²) in [4.78, 5) is 38.3. The van der Waals surface area contributed by atoms with Crippen molar-refractivity contribution in [3.8, 4) is 0 Å². The average Bonchev–Trinajstić information content (AvgIpc) is 2.75. The molecule has 0 bridgehead atoms.